The number of esters is 1. The molecular formula is C19H24O7. The summed E-state index contributed by atoms with van der Waals surface area (Å²) in [7, 11) is 0. The topological polar surface area (TPSA) is 72.5 Å². The van der Waals surface area contributed by atoms with Gasteiger partial charge in [-0.25, -0.2) is 4.79 Å². The number of carbonyl (C=O) groups is 1. The quantitative estimate of drug-likeness (QED) is 0.762. The van der Waals surface area contributed by atoms with Crippen LogP contribution in [0.5, 0.6) is 0 Å². The summed E-state index contributed by atoms with van der Waals surface area (Å²) in [6, 6.07) is 8.78. The summed E-state index contributed by atoms with van der Waals surface area (Å²) < 4.78 is 35.1. The van der Waals surface area contributed by atoms with Crippen molar-refractivity contribution in [3.8, 4) is 0 Å². The summed E-state index contributed by atoms with van der Waals surface area (Å²) in [4.78, 5) is 12.4. The first-order chi connectivity index (χ1) is 12.2. The molecule has 0 saturated carbocycles. The molecule has 3 aliphatic rings. The summed E-state index contributed by atoms with van der Waals surface area (Å²) >= 11 is 0. The third kappa shape index (κ3) is 3.37. The van der Waals surface area contributed by atoms with E-state index >= 15 is 0 Å². The minimum atomic E-state index is -0.869. The van der Waals surface area contributed by atoms with Gasteiger partial charge in [0.25, 0.3) is 0 Å². The van der Waals surface area contributed by atoms with E-state index in [-0.39, 0.29) is 6.10 Å². The predicted octanol–water partition coefficient (Wildman–Crippen LogP) is 2.24. The Morgan fingerprint density at radius 1 is 0.962 bits per heavy atom. The predicted molar refractivity (Wildman–Crippen MR) is 89.2 cm³/mol. The fraction of sp³-hybridized carbons (Fsp3) is 0.632. The zero-order chi connectivity index (χ0) is 18.5. The molecule has 0 bridgehead atoms. The fourth-order valence-corrected chi connectivity index (χ4v) is 3.61. The average Bonchev–Trinajstić information content (AvgIpc) is 3.19. The first-order valence-electron chi connectivity index (χ1n) is 8.83. The number of carbonyl (C=O) groups excluding carboxylic acids is 1. The van der Waals surface area contributed by atoms with E-state index in [0.29, 0.717) is 12.2 Å². The van der Waals surface area contributed by atoms with Crippen molar-refractivity contribution in [1.82, 2.24) is 0 Å². The number of benzene rings is 1. The Bertz CT molecular complexity index is 672. The molecule has 0 unspecified atom stereocenters. The highest BCUT2D eigenvalue weighted by Crippen LogP contribution is 2.42. The van der Waals surface area contributed by atoms with E-state index < -0.39 is 42.1 Å². The number of fused-ring (bicyclic) bond motifs is 1. The van der Waals surface area contributed by atoms with Crippen LogP contribution < -0.4 is 0 Å². The largest absolute Gasteiger partial charge is 0.429 e. The van der Waals surface area contributed by atoms with E-state index in [1.54, 1.807) is 24.3 Å². The Kier molecular flexibility index (Phi) is 4.32. The van der Waals surface area contributed by atoms with Crippen molar-refractivity contribution in [1.29, 1.82) is 0 Å². The lowest BCUT2D eigenvalue weighted by Gasteiger charge is -2.26. The first kappa shape index (κ1) is 17.9. The molecule has 142 valence electrons. The molecule has 0 aromatic heterocycles. The van der Waals surface area contributed by atoms with Crippen molar-refractivity contribution in [3.05, 3.63) is 35.9 Å². The van der Waals surface area contributed by atoms with Crippen molar-refractivity contribution >= 4 is 5.97 Å². The van der Waals surface area contributed by atoms with Gasteiger partial charge in [-0.1, -0.05) is 18.2 Å². The molecule has 26 heavy (non-hydrogen) atoms. The van der Waals surface area contributed by atoms with Crippen LogP contribution in [0.1, 0.15) is 38.1 Å². The van der Waals surface area contributed by atoms with Gasteiger partial charge < -0.3 is 28.4 Å². The third-order valence-electron chi connectivity index (χ3n) is 4.68. The second-order valence-electron chi connectivity index (χ2n) is 7.67. The van der Waals surface area contributed by atoms with Crippen LogP contribution in [0.3, 0.4) is 0 Å². The normalized spacial score (nSPS) is 37.5. The van der Waals surface area contributed by atoms with Crippen LogP contribution in [0.15, 0.2) is 30.3 Å². The standard InChI is InChI=1S/C19H24O7/c1-18(2)21-10-12(24-18)13-14-15(26-19(3,4)25-14)17(22-13)23-16(20)11-8-6-5-7-9-11/h5-9,12-15,17H,10H2,1-4H3/t12-,13-,14-,15-,17+/m1/s1. The van der Waals surface area contributed by atoms with Gasteiger partial charge in [-0.3, -0.25) is 0 Å². The van der Waals surface area contributed by atoms with Crippen molar-refractivity contribution in [2.45, 2.75) is 70.0 Å². The van der Waals surface area contributed by atoms with Gasteiger partial charge in [0.05, 0.1) is 12.2 Å². The van der Waals surface area contributed by atoms with Crippen LogP contribution in [-0.2, 0) is 28.4 Å². The zero-order valence-corrected chi connectivity index (χ0v) is 15.3. The minimum Gasteiger partial charge on any atom is -0.429 e. The summed E-state index contributed by atoms with van der Waals surface area (Å²) in [5.41, 5.74) is 0.454. The van der Waals surface area contributed by atoms with Crippen LogP contribution in [0, 0.1) is 0 Å². The Labute approximate surface area is 152 Å². The Morgan fingerprint density at radius 3 is 2.31 bits per heavy atom. The molecule has 0 radical (unpaired) electrons. The second-order valence-corrected chi connectivity index (χ2v) is 7.67. The molecule has 0 N–H and O–H groups in total. The zero-order valence-electron chi connectivity index (χ0n) is 15.3. The van der Waals surface area contributed by atoms with Crippen LogP contribution in [0.4, 0.5) is 0 Å². The molecule has 7 heteroatoms. The molecule has 0 amide bonds. The summed E-state index contributed by atoms with van der Waals surface area (Å²) in [6.07, 6.45) is -2.56. The Morgan fingerprint density at radius 2 is 1.65 bits per heavy atom. The van der Waals surface area contributed by atoms with Crippen LogP contribution >= 0.6 is 0 Å². The molecule has 3 aliphatic heterocycles. The molecule has 0 spiro atoms. The molecule has 5 atom stereocenters. The number of hydrogen-bond donors (Lipinski definition) is 0. The SMILES string of the molecule is CC1(C)O[C@H]2[C@@H](O1)[C@H](OC(=O)c1ccccc1)O[C@@H]2[C@H]1COC(C)(C)O1. The molecule has 3 saturated heterocycles. The lowest BCUT2D eigenvalue weighted by Crippen LogP contribution is -2.40. The Hall–Kier alpha value is -1.51. The highest BCUT2D eigenvalue weighted by molar-refractivity contribution is 5.89. The molecule has 0 aliphatic carbocycles. The third-order valence-corrected chi connectivity index (χ3v) is 4.68. The molecular weight excluding hydrogens is 340 g/mol. The molecule has 4 rings (SSSR count). The highest BCUT2D eigenvalue weighted by atomic mass is 16.8. The van der Waals surface area contributed by atoms with Gasteiger partial charge in [0.15, 0.2) is 17.7 Å². The molecule has 1 aromatic rings. The highest BCUT2D eigenvalue weighted by Gasteiger charge is 2.60. The van der Waals surface area contributed by atoms with Gasteiger partial charge in [-0.2, -0.15) is 0 Å². The van der Waals surface area contributed by atoms with Gasteiger partial charge in [-0.05, 0) is 39.8 Å². The minimum absolute atomic E-state index is 0.324. The lowest BCUT2D eigenvalue weighted by molar-refractivity contribution is -0.235. The van der Waals surface area contributed by atoms with Crippen molar-refractivity contribution < 1.29 is 33.2 Å². The van der Waals surface area contributed by atoms with Crippen LogP contribution in [0.25, 0.3) is 0 Å². The smallest absolute Gasteiger partial charge is 0.340 e. The van der Waals surface area contributed by atoms with E-state index in [0.717, 1.165) is 0 Å². The molecule has 7 nitrogen and oxygen atoms in total. The van der Waals surface area contributed by atoms with E-state index in [2.05, 4.69) is 0 Å². The first-order valence-corrected chi connectivity index (χ1v) is 8.83. The summed E-state index contributed by atoms with van der Waals surface area (Å²) in [6.45, 7) is 7.73. The van der Waals surface area contributed by atoms with Crippen LogP contribution in [-0.4, -0.2) is 54.9 Å². The van der Waals surface area contributed by atoms with E-state index in [1.165, 1.54) is 0 Å². The molecule has 3 heterocycles. The second kappa shape index (κ2) is 6.28. The van der Waals surface area contributed by atoms with Gasteiger partial charge in [0.1, 0.15) is 18.3 Å². The molecule has 1 aromatic carbocycles. The van der Waals surface area contributed by atoms with Crippen LogP contribution in [0.2, 0.25) is 0 Å². The van der Waals surface area contributed by atoms with E-state index in [1.807, 2.05) is 33.8 Å². The van der Waals surface area contributed by atoms with Crippen molar-refractivity contribution in [2.24, 2.45) is 0 Å². The molecule has 3 fully saturated rings. The lowest BCUT2D eigenvalue weighted by atomic mass is 10.1. The maximum absolute atomic E-state index is 12.4. The Balaban J connectivity index is 1.51. The number of ether oxygens (including phenoxy) is 6. The summed E-state index contributed by atoms with van der Waals surface area (Å²) in [5, 5.41) is 0. The van der Waals surface area contributed by atoms with E-state index in [9.17, 15) is 4.79 Å². The van der Waals surface area contributed by atoms with Gasteiger partial charge >= 0.3 is 5.97 Å². The monoisotopic (exact) mass is 364 g/mol. The summed E-state index contributed by atoms with van der Waals surface area (Å²) in [5.74, 6) is -1.94. The van der Waals surface area contributed by atoms with Gasteiger partial charge in [0, 0.05) is 0 Å². The average molecular weight is 364 g/mol. The van der Waals surface area contributed by atoms with Crippen molar-refractivity contribution in [3.63, 3.8) is 0 Å². The van der Waals surface area contributed by atoms with Crippen molar-refractivity contribution in [2.75, 3.05) is 6.61 Å². The number of hydrogen-bond acceptors (Lipinski definition) is 7. The van der Waals surface area contributed by atoms with Gasteiger partial charge in [-0.15, -0.1) is 0 Å². The number of rotatable bonds is 3. The maximum atomic E-state index is 12.4. The maximum Gasteiger partial charge on any atom is 0.340 e. The van der Waals surface area contributed by atoms with E-state index in [4.69, 9.17) is 28.4 Å². The van der Waals surface area contributed by atoms with Gasteiger partial charge in [0.2, 0.25) is 6.29 Å². The fourth-order valence-electron chi connectivity index (χ4n) is 3.61.